The standard InChI is InChI=1S/C16H18ClN3O/c17-14-3-1-2-12(8-14)16-18-15(21-19-16)9-13-10-20-6-4-11(13)5-7-20/h1-3,8,11,13H,4-7,9-10H2. The van der Waals surface area contributed by atoms with Crippen molar-refractivity contribution in [3.8, 4) is 11.4 Å². The molecule has 2 bridgehead atoms. The predicted molar refractivity (Wildman–Crippen MR) is 81.1 cm³/mol. The molecule has 0 radical (unpaired) electrons. The average Bonchev–Trinajstić information content (AvgIpc) is 2.97. The number of hydrogen-bond acceptors (Lipinski definition) is 4. The molecule has 4 nitrogen and oxygen atoms in total. The van der Waals surface area contributed by atoms with Crippen LogP contribution in [0, 0.1) is 11.8 Å². The zero-order chi connectivity index (χ0) is 14.2. The van der Waals surface area contributed by atoms with E-state index in [2.05, 4.69) is 15.0 Å². The van der Waals surface area contributed by atoms with Gasteiger partial charge in [-0.05, 0) is 49.9 Å². The Bertz CT molecular complexity index is 634. The highest BCUT2D eigenvalue weighted by molar-refractivity contribution is 6.30. The van der Waals surface area contributed by atoms with Crippen LogP contribution in [-0.4, -0.2) is 34.7 Å². The van der Waals surface area contributed by atoms with Crippen molar-refractivity contribution >= 4 is 11.6 Å². The number of benzene rings is 1. The lowest BCUT2D eigenvalue weighted by molar-refractivity contribution is 0.0473. The first-order chi connectivity index (χ1) is 10.3. The van der Waals surface area contributed by atoms with Gasteiger partial charge in [0, 0.05) is 23.6 Å². The molecule has 1 unspecified atom stereocenters. The molecule has 0 N–H and O–H groups in total. The maximum atomic E-state index is 6.01. The third kappa shape index (κ3) is 2.70. The number of halogens is 1. The second-order valence-corrected chi connectivity index (χ2v) is 6.56. The summed E-state index contributed by atoms with van der Waals surface area (Å²) in [5.74, 6) is 2.88. The van der Waals surface area contributed by atoms with Gasteiger partial charge in [0.1, 0.15) is 0 Å². The highest BCUT2D eigenvalue weighted by Gasteiger charge is 2.35. The van der Waals surface area contributed by atoms with Gasteiger partial charge in [0.25, 0.3) is 0 Å². The number of piperidine rings is 3. The van der Waals surface area contributed by atoms with Crippen LogP contribution in [0.1, 0.15) is 18.7 Å². The molecule has 5 heteroatoms. The minimum absolute atomic E-state index is 0.633. The minimum Gasteiger partial charge on any atom is -0.339 e. The van der Waals surface area contributed by atoms with Gasteiger partial charge in [-0.2, -0.15) is 4.98 Å². The minimum atomic E-state index is 0.633. The fourth-order valence-corrected chi connectivity index (χ4v) is 3.82. The first-order valence-electron chi connectivity index (χ1n) is 7.59. The number of rotatable bonds is 3. The molecule has 0 amide bonds. The van der Waals surface area contributed by atoms with Gasteiger partial charge in [-0.3, -0.25) is 0 Å². The molecule has 4 heterocycles. The second kappa shape index (κ2) is 5.43. The van der Waals surface area contributed by atoms with Gasteiger partial charge in [-0.25, -0.2) is 0 Å². The Morgan fingerprint density at radius 1 is 1.29 bits per heavy atom. The van der Waals surface area contributed by atoms with E-state index in [9.17, 15) is 0 Å². The molecule has 21 heavy (non-hydrogen) atoms. The number of nitrogens with zero attached hydrogens (tertiary/aromatic N) is 3. The van der Waals surface area contributed by atoms with E-state index in [0.29, 0.717) is 16.8 Å². The third-order valence-corrected chi connectivity index (χ3v) is 5.01. The fourth-order valence-electron chi connectivity index (χ4n) is 3.63. The summed E-state index contributed by atoms with van der Waals surface area (Å²) in [4.78, 5) is 7.10. The SMILES string of the molecule is Clc1cccc(-c2noc(CC3CN4CCC3CC4)n2)c1. The maximum absolute atomic E-state index is 6.01. The summed E-state index contributed by atoms with van der Waals surface area (Å²) in [6, 6.07) is 7.57. The lowest BCUT2D eigenvalue weighted by atomic mass is 9.77. The van der Waals surface area contributed by atoms with Crippen molar-refractivity contribution in [2.75, 3.05) is 19.6 Å². The van der Waals surface area contributed by atoms with Crippen molar-refractivity contribution in [2.24, 2.45) is 11.8 Å². The fraction of sp³-hybridized carbons (Fsp3) is 0.500. The molecule has 3 fully saturated rings. The van der Waals surface area contributed by atoms with E-state index in [1.165, 1.54) is 32.5 Å². The summed E-state index contributed by atoms with van der Waals surface area (Å²) < 4.78 is 5.45. The van der Waals surface area contributed by atoms with Crippen LogP contribution in [-0.2, 0) is 6.42 Å². The van der Waals surface area contributed by atoms with Gasteiger partial charge in [0.15, 0.2) is 0 Å². The van der Waals surface area contributed by atoms with E-state index >= 15 is 0 Å². The number of hydrogen-bond donors (Lipinski definition) is 0. The quantitative estimate of drug-likeness (QED) is 0.873. The summed E-state index contributed by atoms with van der Waals surface area (Å²) in [6.45, 7) is 3.71. The second-order valence-electron chi connectivity index (χ2n) is 6.12. The van der Waals surface area contributed by atoms with Crippen LogP contribution in [0.15, 0.2) is 28.8 Å². The first-order valence-corrected chi connectivity index (χ1v) is 7.96. The van der Waals surface area contributed by atoms with Gasteiger partial charge in [-0.1, -0.05) is 28.9 Å². The van der Waals surface area contributed by atoms with Gasteiger partial charge in [-0.15, -0.1) is 0 Å². The van der Waals surface area contributed by atoms with Crippen LogP contribution in [0.3, 0.4) is 0 Å². The normalized spacial score (nSPS) is 28.0. The van der Waals surface area contributed by atoms with Crippen molar-refractivity contribution in [3.05, 3.63) is 35.2 Å². The molecule has 110 valence electrons. The van der Waals surface area contributed by atoms with Gasteiger partial charge in [0.2, 0.25) is 11.7 Å². The van der Waals surface area contributed by atoms with Crippen LogP contribution in [0.25, 0.3) is 11.4 Å². The van der Waals surface area contributed by atoms with E-state index < -0.39 is 0 Å². The molecule has 3 aliphatic heterocycles. The smallest absolute Gasteiger partial charge is 0.227 e. The van der Waals surface area contributed by atoms with Crippen LogP contribution >= 0.6 is 11.6 Å². The average molecular weight is 304 g/mol. The Balaban J connectivity index is 1.50. The van der Waals surface area contributed by atoms with Crippen LogP contribution in [0.2, 0.25) is 5.02 Å². The summed E-state index contributed by atoms with van der Waals surface area (Å²) in [6.07, 6.45) is 3.54. The van der Waals surface area contributed by atoms with E-state index in [4.69, 9.17) is 16.1 Å². The summed E-state index contributed by atoms with van der Waals surface area (Å²) >= 11 is 6.01. The molecule has 3 saturated heterocycles. The molecular formula is C16H18ClN3O. The van der Waals surface area contributed by atoms with Crippen LogP contribution in [0.5, 0.6) is 0 Å². The van der Waals surface area contributed by atoms with Gasteiger partial charge >= 0.3 is 0 Å². The molecule has 1 aromatic carbocycles. The van der Waals surface area contributed by atoms with E-state index in [-0.39, 0.29) is 0 Å². The Labute approximate surface area is 129 Å². The lowest BCUT2D eigenvalue weighted by Gasteiger charge is -2.44. The van der Waals surface area contributed by atoms with E-state index in [1.807, 2.05) is 24.3 Å². The molecule has 0 spiro atoms. The monoisotopic (exact) mass is 303 g/mol. The van der Waals surface area contributed by atoms with E-state index in [1.54, 1.807) is 0 Å². The summed E-state index contributed by atoms with van der Waals surface area (Å²) in [5.41, 5.74) is 0.909. The molecule has 2 aromatic rings. The first kappa shape index (κ1) is 13.3. The van der Waals surface area contributed by atoms with Crippen molar-refractivity contribution in [1.82, 2.24) is 15.0 Å². The van der Waals surface area contributed by atoms with E-state index in [0.717, 1.165) is 23.8 Å². The third-order valence-electron chi connectivity index (χ3n) is 4.78. The van der Waals surface area contributed by atoms with Gasteiger partial charge < -0.3 is 9.42 Å². The van der Waals surface area contributed by atoms with Crippen LogP contribution < -0.4 is 0 Å². The molecule has 5 rings (SSSR count). The van der Waals surface area contributed by atoms with Crippen molar-refractivity contribution in [3.63, 3.8) is 0 Å². The molecule has 0 aliphatic carbocycles. The highest BCUT2D eigenvalue weighted by Crippen LogP contribution is 2.34. The maximum Gasteiger partial charge on any atom is 0.227 e. The Hall–Kier alpha value is -1.39. The van der Waals surface area contributed by atoms with Crippen molar-refractivity contribution in [1.29, 1.82) is 0 Å². The van der Waals surface area contributed by atoms with Gasteiger partial charge in [0.05, 0.1) is 0 Å². The predicted octanol–water partition coefficient (Wildman–Crippen LogP) is 3.27. The zero-order valence-corrected chi connectivity index (χ0v) is 12.6. The molecule has 0 saturated carbocycles. The summed E-state index contributed by atoms with van der Waals surface area (Å²) in [7, 11) is 0. The number of fused-ring (bicyclic) bond motifs is 3. The van der Waals surface area contributed by atoms with Crippen molar-refractivity contribution in [2.45, 2.75) is 19.3 Å². The Kier molecular flexibility index (Phi) is 3.43. The zero-order valence-electron chi connectivity index (χ0n) is 11.8. The molecule has 1 atom stereocenters. The molecular weight excluding hydrogens is 286 g/mol. The molecule has 3 aliphatic rings. The van der Waals surface area contributed by atoms with Crippen molar-refractivity contribution < 1.29 is 4.52 Å². The molecule has 1 aromatic heterocycles. The van der Waals surface area contributed by atoms with Crippen LogP contribution in [0.4, 0.5) is 0 Å². The Morgan fingerprint density at radius 3 is 2.86 bits per heavy atom. The lowest BCUT2D eigenvalue weighted by Crippen LogP contribution is -2.48. The topological polar surface area (TPSA) is 42.2 Å². The Morgan fingerprint density at radius 2 is 2.14 bits per heavy atom. The largest absolute Gasteiger partial charge is 0.339 e. The highest BCUT2D eigenvalue weighted by atomic mass is 35.5. The summed E-state index contributed by atoms with van der Waals surface area (Å²) in [5, 5.41) is 4.79. The number of aromatic nitrogens is 2.